The molecule has 0 spiro atoms. The largest absolute Gasteiger partial charge is 0.468 e. The number of methoxy groups -OCH3 is 1. The SMILES string of the molecule is CCOC(=O)C1=C(C)N=c2sc(=Cc3c(C)n(CC(=O)OC)c4ccccc34)c(=O)n2C1c1ccc(C(C)C)cc1. The highest BCUT2D eigenvalue weighted by Gasteiger charge is 2.33. The van der Waals surface area contributed by atoms with Crippen LogP contribution in [0.25, 0.3) is 17.0 Å². The van der Waals surface area contributed by atoms with E-state index in [0.29, 0.717) is 26.5 Å². The molecule has 8 nitrogen and oxygen atoms in total. The van der Waals surface area contributed by atoms with Gasteiger partial charge in [-0.3, -0.25) is 14.2 Å². The van der Waals surface area contributed by atoms with Gasteiger partial charge < -0.3 is 14.0 Å². The van der Waals surface area contributed by atoms with Crippen LogP contribution in [0, 0.1) is 6.92 Å². The monoisotopic (exact) mass is 571 g/mol. The molecule has 0 bridgehead atoms. The number of aromatic nitrogens is 2. The average molecular weight is 572 g/mol. The van der Waals surface area contributed by atoms with E-state index in [9.17, 15) is 14.4 Å². The van der Waals surface area contributed by atoms with E-state index in [1.807, 2.05) is 66.1 Å². The van der Waals surface area contributed by atoms with Gasteiger partial charge in [-0.1, -0.05) is 67.6 Å². The molecule has 0 saturated carbocycles. The summed E-state index contributed by atoms with van der Waals surface area (Å²) in [6.45, 7) is 9.98. The first-order valence-corrected chi connectivity index (χ1v) is 14.4. The van der Waals surface area contributed by atoms with Gasteiger partial charge in [0.25, 0.3) is 5.56 Å². The van der Waals surface area contributed by atoms with Gasteiger partial charge >= 0.3 is 11.9 Å². The lowest BCUT2D eigenvalue weighted by Gasteiger charge is -2.25. The minimum atomic E-state index is -0.671. The zero-order valence-electron chi connectivity index (χ0n) is 24.1. The van der Waals surface area contributed by atoms with Crippen LogP contribution in [-0.2, 0) is 25.6 Å². The van der Waals surface area contributed by atoms with Crippen LogP contribution in [-0.4, -0.2) is 34.8 Å². The Hall–Kier alpha value is -4.24. The number of para-hydroxylation sites is 1. The van der Waals surface area contributed by atoms with Crippen molar-refractivity contribution >= 4 is 40.3 Å². The molecule has 0 aliphatic carbocycles. The van der Waals surface area contributed by atoms with Gasteiger partial charge in [0, 0.05) is 22.2 Å². The zero-order chi connectivity index (χ0) is 29.4. The number of hydrogen-bond donors (Lipinski definition) is 0. The summed E-state index contributed by atoms with van der Waals surface area (Å²) in [6.07, 6.45) is 1.86. The Labute approximate surface area is 241 Å². The fraction of sp³-hybridized carbons (Fsp3) is 0.312. The molecule has 1 atom stereocenters. The molecule has 2 aromatic heterocycles. The summed E-state index contributed by atoms with van der Waals surface area (Å²) in [7, 11) is 1.37. The number of rotatable bonds is 7. The highest BCUT2D eigenvalue weighted by Crippen LogP contribution is 2.32. The topological polar surface area (TPSA) is 91.9 Å². The summed E-state index contributed by atoms with van der Waals surface area (Å²) in [5.74, 6) is -0.495. The quantitative estimate of drug-likeness (QED) is 0.308. The molecule has 3 heterocycles. The van der Waals surface area contributed by atoms with E-state index in [-0.39, 0.29) is 24.7 Å². The van der Waals surface area contributed by atoms with E-state index >= 15 is 0 Å². The molecule has 0 N–H and O–H groups in total. The number of carbonyl (C=O) groups excluding carboxylic acids is 2. The number of nitrogens with zero attached hydrogens (tertiary/aromatic N) is 3. The number of thiazole rings is 1. The third-order valence-electron chi connectivity index (χ3n) is 7.51. The predicted octanol–water partition coefficient (Wildman–Crippen LogP) is 4.36. The second-order valence-electron chi connectivity index (χ2n) is 10.3. The highest BCUT2D eigenvalue weighted by atomic mass is 32.1. The van der Waals surface area contributed by atoms with Gasteiger partial charge in [0.05, 0.1) is 35.6 Å². The molecule has 9 heteroatoms. The second-order valence-corrected chi connectivity index (χ2v) is 11.3. The number of carbonyl (C=O) groups is 2. The number of benzene rings is 2. The van der Waals surface area contributed by atoms with Crippen LogP contribution < -0.4 is 14.9 Å². The van der Waals surface area contributed by atoms with Gasteiger partial charge in [0.2, 0.25) is 0 Å². The Morgan fingerprint density at radius 3 is 2.46 bits per heavy atom. The van der Waals surface area contributed by atoms with Crippen LogP contribution >= 0.6 is 11.3 Å². The van der Waals surface area contributed by atoms with Crippen molar-refractivity contribution < 1.29 is 19.1 Å². The molecule has 0 amide bonds. The maximum absolute atomic E-state index is 14.1. The van der Waals surface area contributed by atoms with E-state index in [1.165, 1.54) is 24.0 Å². The van der Waals surface area contributed by atoms with Gasteiger partial charge in [-0.05, 0) is 50.0 Å². The molecule has 4 aromatic rings. The molecule has 1 aliphatic heterocycles. The molecule has 1 unspecified atom stereocenters. The van der Waals surface area contributed by atoms with Crippen molar-refractivity contribution in [2.45, 2.75) is 53.1 Å². The normalized spacial score (nSPS) is 15.3. The van der Waals surface area contributed by atoms with Crippen LogP contribution in [0.3, 0.4) is 0 Å². The predicted molar refractivity (Wildman–Crippen MR) is 160 cm³/mol. The summed E-state index contributed by atoms with van der Waals surface area (Å²) < 4.78 is 14.3. The van der Waals surface area contributed by atoms with Crippen LogP contribution in [0.5, 0.6) is 0 Å². The Kier molecular flexibility index (Phi) is 7.82. The van der Waals surface area contributed by atoms with E-state index in [4.69, 9.17) is 9.47 Å². The minimum absolute atomic E-state index is 0.0619. The average Bonchev–Trinajstić information content (AvgIpc) is 3.40. The zero-order valence-corrected chi connectivity index (χ0v) is 24.9. The lowest BCUT2D eigenvalue weighted by Crippen LogP contribution is -2.40. The first kappa shape index (κ1) is 28.3. The summed E-state index contributed by atoms with van der Waals surface area (Å²) in [4.78, 5) is 44.7. The molecular formula is C32H33N3O5S. The van der Waals surface area contributed by atoms with Gasteiger partial charge in [0.15, 0.2) is 4.80 Å². The fourth-order valence-electron chi connectivity index (χ4n) is 5.34. The standard InChI is InChI=1S/C32H33N3O5S/c1-7-40-31(38)28-19(4)33-32-35(29(28)22-14-12-21(13-15-22)18(2)3)30(37)26(41-32)16-24-20(5)34(17-27(36)39-6)25-11-9-8-10-23(24)25/h8-16,18,29H,7,17H2,1-6H3. The van der Waals surface area contributed by atoms with Gasteiger partial charge in [-0.15, -0.1) is 0 Å². The van der Waals surface area contributed by atoms with Crippen molar-refractivity contribution in [3.05, 3.63) is 102 Å². The summed E-state index contributed by atoms with van der Waals surface area (Å²) >= 11 is 1.28. The van der Waals surface area contributed by atoms with Crippen LogP contribution in [0.2, 0.25) is 0 Å². The first-order valence-electron chi connectivity index (χ1n) is 13.6. The Morgan fingerprint density at radius 1 is 1.10 bits per heavy atom. The molecule has 0 saturated heterocycles. The van der Waals surface area contributed by atoms with Crippen molar-refractivity contribution in [3.63, 3.8) is 0 Å². The van der Waals surface area contributed by atoms with Crippen LogP contribution in [0.1, 0.15) is 62.0 Å². The maximum Gasteiger partial charge on any atom is 0.338 e. The summed E-state index contributed by atoms with van der Waals surface area (Å²) in [6, 6.07) is 15.1. The van der Waals surface area contributed by atoms with Crippen molar-refractivity contribution in [1.82, 2.24) is 9.13 Å². The van der Waals surface area contributed by atoms with E-state index < -0.39 is 12.0 Å². The van der Waals surface area contributed by atoms with Crippen LogP contribution in [0.15, 0.2) is 69.6 Å². The first-order chi connectivity index (χ1) is 19.7. The molecule has 0 radical (unpaired) electrons. The number of fused-ring (bicyclic) bond motifs is 2. The third kappa shape index (κ3) is 5.06. The number of allylic oxidation sites excluding steroid dienone is 1. The van der Waals surface area contributed by atoms with Gasteiger partial charge in [-0.25, -0.2) is 9.79 Å². The second kappa shape index (κ2) is 11.3. The highest BCUT2D eigenvalue weighted by molar-refractivity contribution is 7.07. The molecule has 0 fully saturated rings. The number of hydrogen-bond acceptors (Lipinski definition) is 7. The molecule has 1 aliphatic rings. The lowest BCUT2D eigenvalue weighted by molar-refractivity contribution is -0.141. The Bertz CT molecular complexity index is 1870. The smallest absolute Gasteiger partial charge is 0.338 e. The van der Waals surface area contributed by atoms with Crippen LogP contribution in [0.4, 0.5) is 0 Å². The minimum Gasteiger partial charge on any atom is -0.468 e. The Balaban J connectivity index is 1.73. The molecule has 5 rings (SSSR count). The Morgan fingerprint density at radius 2 is 1.80 bits per heavy atom. The van der Waals surface area contributed by atoms with Crippen molar-refractivity contribution in [2.24, 2.45) is 4.99 Å². The lowest BCUT2D eigenvalue weighted by atomic mass is 9.93. The van der Waals surface area contributed by atoms with E-state index in [1.54, 1.807) is 18.4 Å². The molecular weight excluding hydrogens is 538 g/mol. The maximum atomic E-state index is 14.1. The van der Waals surface area contributed by atoms with Gasteiger partial charge in [-0.2, -0.15) is 0 Å². The summed E-state index contributed by atoms with van der Waals surface area (Å²) in [5.41, 5.74) is 5.17. The van der Waals surface area contributed by atoms with Crippen molar-refractivity contribution in [2.75, 3.05) is 13.7 Å². The fourth-order valence-corrected chi connectivity index (χ4v) is 6.37. The number of ether oxygens (including phenoxy) is 2. The number of esters is 2. The van der Waals surface area contributed by atoms with Crippen molar-refractivity contribution in [1.29, 1.82) is 0 Å². The third-order valence-corrected chi connectivity index (χ3v) is 8.49. The van der Waals surface area contributed by atoms with E-state index in [0.717, 1.165) is 27.7 Å². The van der Waals surface area contributed by atoms with E-state index in [2.05, 4.69) is 18.8 Å². The molecule has 212 valence electrons. The van der Waals surface area contributed by atoms with Crippen molar-refractivity contribution in [3.8, 4) is 0 Å². The van der Waals surface area contributed by atoms with Gasteiger partial charge in [0.1, 0.15) is 6.54 Å². The summed E-state index contributed by atoms with van der Waals surface area (Å²) in [5, 5.41) is 0.920. The molecule has 2 aromatic carbocycles. The molecule has 41 heavy (non-hydrogen) atoms.